The molecule has 27 heavy (non-hydrogen) atoms. The van der Waals surface area contributed by atoms with Crippen molar-refractivity contribution in [1.82, 2.24) is 15.4 Å². The Balaban J connectivity index is 1.44. The largest absolute Gasteiger partial charge is 0.497 e. The van der Waals surface area contributed by atoms with E-state index in [9.17, 15) is 4.79 Å². The van der Waals surface area contributed by atoms with Crippen molar-refractivity contribution in [2.45, 2.75) is 25.0 Å². The summed E-state index contributed by atoms with van der Waals surface area (Å²) in [5, 5.41) is 7.65. The average molecular weight is 366 g/mol. The number of hydrogen-bond donors (Lipinski definition) is 1. The van der Waals surface area contributed by atoms with Gasteiger partial charge in [0.1, 0.15) is 23.9 Å². The van der Waals surface area contributed by atoms with E-state index in [0.717, 1.165) is 22.6 Å². The van der Waals surface area contributed by atoms with Crippen LogP contribution in [0.25, 0.3) is 0 Å². The molecule has 7 nitrogen and oxygen atoms in total. The average Bonchev–Trinajstić information content (AvgIpc) is 3.16. The summed E-state index contributed by atoms with van der Waals surface area (Å²) in [6, 6.07) is 15.4. The van der Waals surface area contributed by atoms with E-state index in [2.05, 4.69) is 10.5 Å². The molecule has 0 bridgehead atoms. The van der Waals surface area contributed by atoms with Gasteiger partial charge in [0, 0.05) is 0 Å². The predicted octanol–water partition coefficient (Wildman–Crippen LogP) is 2.31. The second-order valence-electron chi connectivity index (χ2n) is 6.59. The second-order valence-corrected chi connectivity index (χ2v) is 6.59. The lowest BCUT2D eigenvalue weighted by atomic mass is 10.0. The van der Waals surface area contributed by atoms with Gasteiger partial charge in [-0.25, -0.2) is 10.4 Å². The van der Waals surface area contributed by atoms with E-state index in [0.29, 0.717) is 13.0 Å². The molecule has 2 aromatic carbocycles. The Labute approximate surface area is 158 Å². The van der Waals surface area contributed by atoms with Crippen LogP contribution in [-0.2, 0) is 11.3 Å². The van der Waals surface area contributed by atoms with Crippen molar-refractivity contribution in [2.24, 2.45) is 5.10 Å². The third-order valence-electron chi connectivity index (χ3n) is 4.96. The van der Waals surface area contributed by atoms with Crippen LogP contribution in [0, 0.1) is 0 Å². The maximum absolute atomic E-state index is 12.9. The molecule has 0 spiro atoms. The van der Waals surface area contributed by atoms with Crippen molar-refractivity contribution in [2.75, 3.05) is 14.2 Å². The van der Waals surface area contributed by atoms with Crippen LogP contribution < -0.4 is 14.9 Å². The van der Waals surface area contributed by atoms with Gasteiger partial charge in [0.25, 0.3) is 5.91 Å². The Kier molecular flexibility index (Phi) is 4.68. The summed E-state index contributed by atoms with van der Waals surface area (Å²) in [6.07, 6.45) is 2.38. The number of nitrogens with one attached hydrogen (secondary N) is 1. The number of carbonyl (C=O) groups excluding carboxylic acids is 1. The van der Waals surface area contributed by atoms with Crippen molar-refractivity contribution in [3.8, 4) is 11.5 Å². The van der Waals surface area contributed by atoms with Crippen LogP contribution in [0.2, 0.25) is 0 Å². The zero-order chi connectivity index (χ0) is 18.8. The molecule has 2 heterocycles. The zero-order valence-corrected chi connectivity index (χ0v) is 15.3. The standard InChI is InChI=1S/C20H22N4O3/c1-26-16-7-3-14(4-8-16)12-23-20(25)19-11-18(22-24(19)13-21-23)15-5-9-17(27-2)10-6-15/h3-10,13,18-19,22H,11-12H2,1-2H3. The number of ether oxygens (including phenoxy) is 2. The van der Waals surface area contributed by atoms with Gasteiger partial charge in [0.2, 0.25) is 0 Å². The summed E-state index contributed by atoms with van der Waals surface area (Å²) in [5.41, 5.74) is 5.48. The molecule has 4 rings (SSSR count). The Morgan fingerprint density at radius 2 is 1.67 bits per heavy atom. The minimum absolute atomic E-state index is 0.00294. The summed E-state index contributed by atoms with van der Waals surface area (Å²) < 4.78 is 10.4. The van der Waals surface area contributed by atoms with Gasteiger partial charge in [0.05, 0.1) is 26.8 Å². The first-order valence-corrected chi connectivity index (χ1v) is 8.85. The number of fused-ring (bicyclic) bond motifs is 1. The van der Waals surface area contributed by atoms with Crippen LogP contribution in [0.15, 0.2) is 53.6 Å². The van der Waals surface area contributed by atoms with E-state index in [-0.39, 0.29) is 18.0 Å². The summed E-state index contributed by atoms with van der Waals surface area (Å²) in [7, 11) is 3.28. The molecular formula is C20H22N4O3. The highest BCUT2D eigenvalue weighted by atomic mass is 16.5. The van der Waals surface area contributed by atoms with Crippen molar-refractivity contribution in [3.05, 3.63) is 59.7 Å². The zero-order valence-electron chi connectivity index (χ0n) is 15.3. The Morgan fingerprint density at radius 1 is 1.04 bits per heavy atom. The third-order valence-corrected chi connectivity index (χ3v) is 4.96. The number of amides is 1. The number of carbonyl (C=O) groups is 1. The maximum Gasteiger partial charge on any atom is 0.267 e. The topological polar surface area (TPSA) is 66.4 Å². The van der Waals surface area contributed by atoms with Crippen molar-refractivity contribution < 1.29 is 14.3 Å². The quantitative estimate of drug-likeness (QED) is 0.880. The molecule has 0 aromatic heterocycles. The fourth-order valence-electron chi connectivity index (χ4n) is 3.41. The SMILES string of the molecule is COc1ccc(CN2N=CN3NC(c4ccc(OC)cc4)CC3C2=O)cc1. The molecule has 0 radical (unpaired) electrons. The van der Waals surface area contributed by atoms with Crippen LogP contribution in [0.4, 0.5) is 0 Å². The van der Waals surface area contributed by atoms with Crippen LogP contribution in [0.1, 0.15) is 23.6 Å². The van der Waals surface area contributed by atoms with Crippen molar-refractivity contribution >= 4 is 12.2 Å². The molecular weight excluding hydrogens is 344 g/mol. The van der Waals surface area contributed by atoms with Gasteiger partial charge < -0.3 is 9.47 Å². The first-order valence-electron chi connectivity index (χ1n) is 8.85. The van der Waals surface area contributed by atoms with Gasteiger partial charge >= 0.3 is 0 Å². The normalized spacial score (nSPS) is 21.3. The number of hydrazine groups is 1. The lowest BCUT2D eigenvalue weighted by molar-refractivity contribution is -0.137. The molecule has 2 atom stereocenters. The van der Waals surface area contributed by atoms with Gasteiger partial charge in [-0.3, -0.25) is 9.80 Å². The highest BCUT2D eigenvalue weighted by Gasteiger charge is 2.40. The molecule has 0 saturated carbocycles. The lowest BCUT2D eigenvalue weighted by Gasteiger charge is -2.30. The number of rotatable bonds is 5. The molecule has 1 saturated heterocycles. The van der Waals surface area contributed by atoms with Gasteiger partial charge in [0.15, 0.2) is 0 Å². The van der Waals surface area contributed by atoms with E-state index in [1.807, 2.05) is 53.5 Å². The van der Waals surface area contributed by atoms with E-state index in [1.54, 1.807) is 20.6 Å². The molecule has 1 amide bonds. The van der Waals surface area contributed by atoms with Gasteiger partial charge in [-0.2, -0.15) is 5.10 Å². The van der Waals surface area contributed by atoms with Crippen molar-refractivity contribution in [1.29, 1.82) is 0 Å². The van der Waals surface area contributed by atoms with Crippen LogP contribution in [-0.4, -0.2) is 42.5 Å². The van der Waals surface area contributed by atoms with E-state index in [1.165, 1.54) is 5.01 Å². The summed E-state index contributed by atoms with van der Waals surface area (Å²) in [5.74, 6) is 1.61. The lowest BCUT2D eigenvalue weighted by Crippen LogP contribution is -2.50. The number of hydrazone groups is 1. The van der Waals surface area contributed by atoms with E-state index < -0.39 is 0 Å². The third kappa shape index (κ3) is 3.46. The maximum atomic E-state index is 12.9. The molecule has 2 aliphatic heterocycles. The fourth-order valence-corrected chi connectivity index (χ4v) is 3.41. The van der Waals surface area contributed by atoms with Gasteiger partial charge in [-0.1, -0.05) is 24.3 Å². The highest BCUT2D eigenvalue weighted by Crippen LogP contribution is 2.30. The summed E-state index contributed by atoms with van der Waals surface area (Å²) in [4.78, 5) is 12.9. The van der Waals surface area contributed by atoms with E-state index >= 15 is 0 Å². The van der Waals surface area contributed by atoms with Crippen LogP contribution in [0.3, 0.4) is 0 Å². The van der Waals surface area contributed by atoms with Crippen LogP contribution >= 0.6 is 0 Å². The minimum Gasteiger partial charge on any atom is -0.497 e. The van der Waals surface area contributed by atoms with Crippen LogP contribution in [0.5, 0.6) is 11.5 Å². The summed E-state index contributed by atoms with van der Waals surface area (Å²) >= 11 is 0. The molecule has 1 N–H and O–H groups in total. The molecule has 2 unspecified atom stereocenters. The van der Waals surface area contributed by atoms with Gasteiger partial charge in [-0.05, 0) is 41.8 Å². The molecule has 2 aromatic rings. The van der Waals surface area contributed by atoms with E-state index in [4.69, 9.17) is 9.47 Å². The molecule has 7 heteroatoms. The monoisotopic (exact) mass is 366 g/mol. The first-order chi connectivity index (χ1) is 13.2. The molecule has 0 aliphatic carbocycles. The number of nitrogens with zero attached hydrogens (tertiary/aromatic N) is 3. The van der Waals surface area contributed by atoms with Gasteiger partial charge in [-0.15, -0.1) is 0 Å². The Morgan fingerprint density at radius 3 is 2.30 bits per heavy atom. The molecule has 2 aliphatic rings. The second kappa shape index (κ2) is 7.28. The fraction of sp³-hybridized carbons (Fsp3) is 0.300. The number of benzene rings is 2. The molecule has 1 fully saturated rings. The van der Waals surface area contributed by atoms with Crippen molar-refractivity contribution in [3.63, 3.8) is 0 Å². The smallest absolute Gasteiger partial charge is 0.267 e. The Hall–Kier alpha value is -3.06. The first kappa shape index (κ1) is 17.4. The Bertz CT molecular complexity index is 835. The minimum atomic E-state index is -0.257. The number of methoxy groups -OCH3 is 2. The molecule has 140 valence electrons. The number of hydrogen-bond acceptors (Lipinski definition) is 6. The highest BCUT2D eigenvalue weighted by molar-refractivity contribution is 5.87. The summed E-state index contributed by atoms with van der Waals surface area (Å²) in [6.45, 7) is 0.441. The predicted molar refractivity (Wildman–Crippen MR) is 101 cm³/mol.